The highest BCUT2D eigenvalue weighted by molar-refractivity contribution is 5.86. The van der Waals surface area contributed by atoms with Gasteiger partial charge in [0.05, 0.1) is 5.52 Å². The molecule has 1 atom stereocenters. The third-order valence-corrected chi connectivity index (χ3v) is 4.81. The lowest BCUT2D eigenvalue weighted by Crippen LogP contribution is -2.46. The number of hydrogen-bond acceptors (Lipinski definition) is 5. The van der Waals surface area contributed by atoms with E-state index in [1.807, 2.05) is 35.6 Å². The molecule has 0 spiro atoms. The minimum absolute atomic E-state index is 0.477. The molecule has 0 radical (unpaired) electrons. The van der Waals surface area contributed by atoms with Gasteiger partial charge in [0.15, 0.2) is 5.82 Å². The highest BCUT2D eigenvalue weighted by Gasteiger charge is 2.34. The maximum Gasteiger partial charge on any atom is 0.405 e. The maximum atomic E-state index is 12.4. The van der Waals surface area contributed by atoms with E-state index in [9.17, 15) is 18.0 Å². The molecule has 3 aromatic rings. The molecule has 0 bridgehead atoms. The van der Waals surface area contributed by atoms with Crippen LogP contribution in [0, 0.1) is 0 Å². The number of benzene rings is 1. The Morgan fingerprint density at radius 1 is 1.17 bits per heavy atom. The Morgan fingerprint density at radius 2 is 2.03 bits per heavy atom. The van der Waals surface area contributed by atoms with Crippen molar-refractivity contribution in [2.45, 2.75) is 25.1 Å². The van der Waals surface area contributed by atoms with Crippen molar-refractivity contribution >= 4 is 22.6 Å². The second-order valence-corrected chi connectivity index (χ2v) is 6.83. The van der Waals surface area contributed by atoms with Crippen molar-refractivity contribution in [3.8, 4) is 11.4 Å². The molecule has 1 aliphatic heterocycles. The van der Waals surface area contributed by atoms with Gasteiger partial charge in [-0.1, -0.05) is 6.07 Å². The maximum absolute atomic E-state index is 12.4. The van der Waals surface area contributed by atoms with Crippen LogP contribution in [-0.2, 0) is 4.79 Å². The standard InChI is InChI=1S/C20H18F3N5O/c21-20(22,23)12-26-19(29)16-4-2-10-28(16)17-7-9-25-18(27-17)14-5-6-15-13(11-14)3-1-8-24-15/h1,3,5-9,11,16H,2,4,10,12H2,(H,26,29)/t16-/m1/s1. The molecule has 1 aromatic carbocycles. The quantitative estimate of drug-likeness (QED) is 0.726. The van der Waals surface area contributed by atoms with E-state index in [0.717, 1.165) is 16.5 Å². The predicted molar refractivity (Wildman–Crippen MR) is 102 cm³/mol. The molecular formula is C20H18F3N5O. The van der Waals surface area contributed by atoms with Crippen molar-refractivity contribution in [1.82, 2.24) is 20.3 Å². The SMILES string of the molecule is O=C(NCC(F)(F)F)[C@H]1CCCN1c1ccnc(-c2ccc3ncccc3c2)n1. The molecule has 150 valence electrons. The van der Waals surface area contributed by atoms with Crippen molar-refractivity contribution < 1.29 is 18.0 Å². The number of aromatic nitrogens is 3. The van der Waals surface area contributed by atoms with Crippen LogP contribution in [0.2, 0.25) is 0 Å². The number of carbonyl (C=O) groups is 1. The van der Waals surface area contributed by atoms with Crippen LogP contribution in [0.1, 0.15) is 12.8 Å². The molecule has 1 saturated heterocycles. The zero-order valence-corrected chi connectivity index (χ0v) is 15.4. The minimum Gasteiger partial charge on any atom is -0.345 e. The first-order valence-electron chi connectivity index (χ1n) is 9.20. The Balaban J connectivity index is 1.58. The van der Waals surface area contributed by atoms with Gasteiger partial charge >= 0.3 is 6.18 Å². The zero-order chi connectivity index (χ0) is 20.4. The molecular weight excluding hydrogens is 383 g/mol. The van der Waals surface area contributed by atoms with Crippen LogP contribution in [0.4, 0.5) is 19.0 Å². The normalized spacial score (nSPS) is 16.9. The molecule has 1 N–H and O–H groups in total. The van der Waals surface area contributed by atoms with Gasteiger partial charge in [-0.2, -0.15) is 13.2 Å². The lowest BCUT2D eigenvalue weighted by atomic mass is 10.1. The molecule has 4 rings (SSSR count). The Bertz CT molecular complexity index is 1040. The van der Waals surface area contributed by atoms with Crippen LogP contribution in [0.5, 0.6) is 0 Å². The van der Waals surface area contributed by atoms with Gasteiger partial charge in [0.1, 0.15) is 18.4 Å². The first kappa shape index (κ1) is 19.1. The summed E-state index contributed by atoms with van der Waals surface area (Å²) in [6.07, 6.45) is 0.0481. The average molecular weight is 401 g/mol. The molecule has 1 aliphatic rings. The summed E-state index contributed by atoms with van der Waals surface area (Å²) < 4.78 is 37.3. The summed E-state index contributed by atoms with van der Waals surface area (Å²) in [5.41, 5.74) is 1.65. The molecule has 9 heteroatoms. The number of carbonyl (C=O) groups excluding carboxylic acids is 1. The molecule has 1 fully saturated rings. The van der Waals surface area contributed by atoms with Crippen molar-refractivity contribution in [2.75, 3.05) is 18.0 Å². The molecule has 1 amide bonds. The fraction of sp³-hybridized carbons (Fsp3) is 0.300. The first-order valence-corrected chi connectivity index (χ1v) is 9.20. The van der Waals surface area contributed by atoms with E-state index in [4.69, 9.17) is 0 Å². The Morgan fingerprint density at radius 3 is 2.86 bits per heavy atom. The van der Waals surface area contributed by atoms with Crippen LogP contribution in [0.3, 0.4) is 0 Å². The van der Waals surface area contributed by atoms with Gasteiger partial charge in [0.2, 0.25) is 5.91 Å². The van der Waals surface area contributed by atoms with E-state index in [-0.39, 0.29) is 0 Å². The summed E-state index contributed by atoms with van der Waals surface area (Å²) in [7, 11) is 0. The van der Waals surface area contributed by atoms with Crippen LogP contribution < -0.4 is 10.2 Å². The molecule has 6 nitrogen and oxygen atoms in total. The number of hydrogen-bond donors (Lipinski definition) is 1. The van der Waals surface area contributed by atoms with Gasteiger partial charge in [-0.25, -0.2) is 9.97 Å². The molecule has 0 unspecified atom stereocenters. The second-order valence-electron chi connectivity index (χ2n) is 6.83. The van der Waals surface area contributed by atoms with E-state index < -0.39 is 24.7 Å². The molecule has 0 aliphatic carbocycles. The van der Waals surface area contributed by atoms with Crippen LogP contribution in [-0.4, -0.2) is 46.2 Å². The Kier molecular flexibility index (Phi) is 5.04. The van der Waals surface area contributed by atoms with E-state index in [1.54, 1.807) is 23.4 Å². The number of nitrogens with zero attached hydrogens (tertiary/aromatic N) is 4. The van der Waals surface area contributed by atoms with Crippen molar-refractivity contribution in [3.63, 3.8) is 0 Å². The van der Waals surface area contributed by atoms with E-state index in [1.165, 1.54) is 0 Å². The summed E-state index contributed by atoms with van der Waals surface area (Å²) in [6.45, 7) is -0.793. The lowest BCUT2D eigenvalue weighted by molar-refractivity contribution is -0.139. The number of pyridine rings is 1. The number of fused-ring (bicyclic) bond motifs is 1. The number of nitrogens with one attached hydrogen (secondary N) is 1. The van der Waals surface area contributed by atoms with Crippen molar-refractivity contribution in [2.24, 2.45) is 0 Å². The smallest absolute Gasteiger partial charge is 0.345 e. The monoisotopic (exact) mass is 401 g/mol. The lowest BCUT2D eigenvalue weighted by Gasteiger charge is -2.25. The zero-order valence-electron chi connectivity index (χ0n) is 15.4. The van der Waals surface area contributed by atoms with Gasteiger partial charge in [-0.3, -0.25) is 9.78 Å². The highest BCUT2D eigenvalue weighted by Crippen LogP contribution is 2.27. The van der Waals surface area contributed by atoms with Crippen LogP contribution >= 0.6 is 0 Å². The minimum atomic E-state index is -4.44. The van der Waals surface area contributed by atoms with E-state index >= 15 is 0 Å². The van der Waals surface area contributed by atoms with E-state index in [2.05, 4.69) is 15.0 Å². The fourth-order valence-corrected chi connectivity index (χ4v) is 3.48. The number of rotatable bonds is 4. The molecule has 29 heavy (non-hydrogen) atoms. The van der Waals surface area contributed by atoms with Gasteiger partial charge in [0, 0.05) is 29.9 Å². The molecule has 3 heterocycles. The fourth-order valence-electron chi connectivity index (χ4n) is 3.48. The van der Waals surface area contributed by atoms with Gasteiger partial charge in [-0.05, 0) is 43.2 Å². The highest BCUT2D eigenvalue weighted by atomic mass is 19.4. The van der Waals surface area contributed by atoms with Gasteiger partial charge in [0.25, 0.3) is 0 Å². The Labute approximate surface area is 164 Å². The molecule has 2 aromatic heterocycles. The first-order chi connectivity index (χ1) is 13.9. The van der Waals surface area contributed by atoms with E-state index in [0.29, 0.717) is 31.0 Å². The summed E-state index contributed by atoms with van der Waals surface area (Å²) in [6, 6.07) is 10.5. The molecule has 0 saturated carbocycles. The largest absolute Gasteiger partial charge is 0.405 e. The van der Waals surface area contributed by atoms with Gasteiger partial charge < -0.3 is 10.2 Å². The summed E-state index contributed by atoms with van der Waals surface area (Å²) in [4.78, 5) is 27.2. The van der Waals surface area contributed by atoms with Crippen LogP contribution in [0.15, 0.2) is 48.8 Å². The second kappa shape index (κ2) is 7.65. The topological polar surface area (TPSA) is 71.0 Å². The van der Waals surface area contributed by atoms with Crippen molar-refractivity contribution in [1.29, 1.82) is 0 Å². The number of amides is 1. The number of anilines is 1. The van der Waals surface area contributed by atoms with Crippen molar-refractivity contribution in [3.05, 3.63) is 48.8 Å². The number of alkyl halides is 3. The van der Waals surface area contributed by atoms with Gasteiger partial charge in [-0.15, -0.1) is 0 Å². The number of halogens is 3. The predicted octanol–water partition coefficient (Wildman–Crippen LogP) is 3.34. The third kappa shape index (κ3) is 4.28. The summed E-state index contributed by atoms with van der Waals surface area (Å²) in [5.74, 6) is 0.359. The third-order valence-electron chi connectivity index (χ3n) is 4.81. The Hall–Kier alpha value is -3.23. The summed E-state index contributed by atoms with van der Waals surface area (Å²) in [5, 5.41) is 2.92. The van der Waals surface area contributed by atoms with Crippen LogP contribution in [0.25, 0.3) is 22.3 Å². The summed E-state index contributed by atoms with van der Waals surface area (Å²) >= 11 is 0. The average Bonchev–Trinajstić information content (AvgIpc) is 3.21.